The second-order valence-electron chi connectivity index (χ2n) is 5.37. The first kappa shape index (κ1) is 19.5. The molecule has 2 atom stereocenters. The highest BCUT2D eigenvalue weighted by molar-refractivity contribution is 5.93. The number of rotatable bonds is 3. The van der Waals surface area contributed by atoms with E-state index < -0.39 is 0 Å². The summed E-state index contributed by atoms with van der Waals surface area (Å²) >= 11 is 0. The zero-order valence-electron chi connectivity index (χ0n) is 12.8. The highest BCUT2D eigenvalue weighted by Gasteiger charge is 2.35. The van der Waals surface area contributed by atoms with Crippen molar-refractivity contribution in [3.8, 4) is 0 Å². The molecule has 126 valence electrons. The van der Waals surface area contributed by atoms with Gasteiger partial charge in [-0.1, -0.05) is 37.3 Å². The number of hydrogen-bond acceptors (Lipinski definition) is 4. The van der Waals surface area contributed by atoms with Crippen molar-refractivity contribution in [3.05, 3.63) is 53.7 Å². The van der Waals surface area contributed by atoms with Crippen molar-refractivity contribution in [1.29, 1.82) is 0 Å². The minimum absolute atomic E-state index is 0. The Morgan fingerprint density at radius 2 is 2.00 bits per heavy atom. The highest BCUT2D eigenvalue weighted by Crippen LogP contribution is 2.27. The van der Waals surface area contributed by atoms with E-state index in [-0.39, 0.29) is 42.7 Å². The Balaban J connectivity index is 0.00000132. The Morgan fingerprint density at radius 1 is 1.30 bits per heavy atom. The maximum atomic E-state index is 12.6. The average Bonchev–Trinajstić information content (AvgIpc) is 3.13. The molecular formula is C16H21Cl2N3O2. The van der Waals surface area contributed by atoms with Gasteiger partial charge >= 0.3 is 0 Å². The van der Waals surface area contributed by atoms with Gasteiger partial charge in [-0.15, -0.1) is 24.8 Å². The van der Waals surface area contributed by atoms with Gasteiger partial charge in [0.25, 0.3) is 5.91 Å². The molecule has 1 aromatic heterocycles. The minimum Gasteiger partial charge on any atom is -0.448 e. The molecule has 1 amide bonds. The van der Waals surface area contributed by atoms with Gasteiger partial charge in [-0.2, -0.15) is 0 Å². The van der Waals surface area contributed by atoms with Crippen molar-refractivity contribution in [1.82, 2.24) is 9.88 Å². The van der Waals surface area contributed by atoms with Crippen LogP contribution in [0.4, 0.5) is 0 Å². The van der Waals surface area contributed by atoms with E-state index in [1.165, 1.54) is 12.0 Å². The molecule has 23 heavy (non-hydrogen) atoms. The van der Waals surface area contributed by atoms with Gasteiger partial charge in [-0.3, -0.25) is 4.79 Å². The topological polar surface area (TPSA) is 72.4 Å². The number of aromatic nitrogens is 1. The van der Waals surface area contributed by atoms with Crippen molar-refractivity contribution < 1.29 is 9.21 Å². The lowest BCUT2D eigenvalue weighted by atomic mass is 9.95. The molecule has 5 nitrogen and oxygen atoms in total. The van der Waals surface area contributed by atoms with Crippen LogP contribution in [0.25, 0.3) is 0 Å². The van der Waals surface area contributed by atoms with Crippen molar-refractivity contribution in [2.24, 2.45) is 5.73 Å². The van der Waals surface area contributed by atoms with Crippen molar-refractivity contribution in [3.63, 3.8) is 0 Å². The maximum Gasteiger partial charge on any atom is 0.276 e. The van der Waals surface area contributed by atoms with E-state index in [0.717, 1.165) is 0 Å². The molecule has 1 saturated heterocycles. The summed E-state index contributed by atoms with van der Waals surface area (Å²) in [7, 11) is 0. The molecule has 0 unspecified atom stereocenters. The molecule has 1 aromatic carbocycles. The lowest BCUT2D eigenvalue weighted by molar-refractivity contribution is 0.0782. The van der Waals surface area contributed by atoms with Crippen LogP contribution in [-0.2, 0) is 6.42 Å². The van der Waals surface area contributed by atoms with E-state index in [2.05, 4.69) is 17.1 Å². The Kier molecular flexibility index (Phi) is 7.06. The largest absolute Gasteiger partial charge is 0.448 e. The Morgan fingerprint density at radius 3 is 2.65 bits per heavy atom. The van der Waals surface area contributed by atoms with Crippen LogP contribution in [-0.4, -0.2) is 34.9 Å². The number of amides is 1. The molecule has 0 saturated carbocycles. The van der Waals surface area contributed by atoms with Gasteiger partial charge in [-0.25, -0.2) is 4.98 Å². The molecule has 2 aromatic rings. The fourth-order valence-corrected chi connectivity index (χ4v) is 2.89. The summed E-state index contributed by atoms with van der Waals surface area (Å²) in [4.78, 5) is 18.4. The summed E-state index contributed by atoms with van der Waals surface area (Å²) < 4.78 is 5.24. The van der Waals surface area contributed by atoms with Crippen LogP contribution in [0.15, 0.2) is 41.1 Å². The highest BCUT2D eigenvalue weighted by atomic mass is 35.5. The summed E-state index contributed by atoms with van der Waals surface area (Å²) in [6, 6.07) is 10.1. The zero-order valence-corrected chi connectivity index (χ0v) is 14.5. The lowest BCUT2D eigenvalue weighted by Crippen LogP contribution is -2.32. The van der Waals surface area contributed by atoms with Gasteiger partial charge < -0.3 is 15.1 Å². The van der Waals surface area contributed by atoms with Crippen LogP contribution < -0.4 is 5.73 Å². The summed E-state index contributed by atoms with van der Waals surface area (Å²) in [6.45, 7) is 3.12. The smallest absolute Gasteiger partial charge is 0.276 e. The zero-order chi connectivity index (χ0) is 14.8. The molecule has 1 aliphatic heterocycles. The van der Waals surface area contributed by atoms with E-state index in [0.29, 0.717) is 31.0 Å². The van der Waals surface area contributed by atoms with Crippen LogP contribution in [0, 0.1) is 0 Å². The summed E-state index contributed by atoms with van der Waals surface area (Å²) in [6.07, 6.45) is 1.99. The van der Waals surface area contributed by atoms with Crippen LogP contribution in [0.2, 0.25) is 0 Å². The Labute approximate surface area is 148 Å². The number of likely N-dealkylation sites (tertiary alicyclic amines) is 1. The predicted molar refractivity (Wildman–Crippen MR) is 93.4 cm³/mol. The van der Waals surface area contributed by atoms with Crippen molar-refractivity contribution in [2.45, 2.75) is 25.3 Å². The second kappa shape index (κ2) is 8.34. The summed E-state index contributed by atoms with van der Waals surface area (Å²) in [5.41, 5.74) is 7.82. The van der Waals surface area contributed by atoms with E-state index in [1.54, 1.807) is 4.90 Å². The van der Waals surface area contributed by atoms with E-state index >= 15 is 0 Å². The fourth-order valence-electron chi connectivity index (χ4n) is 2.89. The van der Waals surface area contributed by atoms with Gasteiger partial charge in [0.1, 0.15) is 5.76 Å². The van der Waals surface area contributed by atoms with E-state index in [9.17, 15) is 4.79 Å². The van der Waals surface area contributed by atoms with Crippen LogP contribution in [0.5, 0.6) is 0 Å². The van der Waals surface area contributed by atoms with Gasteiger partial charge in [-0.05, 0) is 5.56 Å². The quantitative estimate of drug-likeness (QED) is 0.916. The number of benzene rings is 1. The van der Waals surface area contributed by atoms with Crippen molar-refractivity contribution >= 4 is 30.7 Å². The number of nitrogens with zero attached hydrogens (tertiary/aromatic N) is 2. The first-order valence-corrected chi connectivity index (χ1v) is 7.23. The molecular weight excluding hydrogens is 337 g/mol. The molecule has 7 heteroatoms. The molecule has 0 bridgehead atoms. The van der Waals surface area contributed by atoms with Crippen LogP contribution in [0.3, 0.4) is 0 Å². The number of carbonyl (C=O) groups excluding carboxylic acids is 1. The molecule has 0 radical (unpaired) electrons. The third kappa shape index (κ3) is 3.86. The monoisotopic (exact) mass is 357 g/mol. The second-order valence-corrected chi connectivity index (χ2v) is 5.37. The van der Waals surface area contributed by atoms with Gasteiger partial charge in [0, 0.05) is 31.5 Å². The molecule has 0 aliphatic carbocycles. The molecule has 2 N–H and O–H groups in total. The maximum absolute atomic E-state index is 12.6. The molecule has 0 spiro atoms. The van der Waals surface area contributed by atoms with Gasteiger partial charge in [0.15, 0.2) is 12.1 Å². The van der Waals surface area contributed by atoms with Crippen LogP contribution in [0.1, 0.15) is 34.7 Å². The standard InChI is InChI=1S/C16H19N3O2.2ClH/c1-2-14-15(18-10-21-14)16(20)19-8-12(13(17)9-19)11-6-4-3-5-7-11;;/h3-7,10,12-13H,2,8-9,17H2,1H3;2*1H/t12-,13+;;/m0../s1. The van der Waals surface area contributed by atoms with Gasteiger partial charge in [0.2, 0.25) is 0 Å². The SMILES string of the molecule is CCc1ocnc1C(=O)N1C[C@@H](N)[C@H](c2ccccc2)C1.Cl.Cl. The summed E-state index contributed by atoms with van der Waals surface area (Å²) in [5.74, 6) is 0.721. The number of aryl methyl sites for hydroxylation is 1. The molecule has 1 aliphatic rings. The first-order valence-electron chi connectivity index (χ1n) is 7.23. The fraction of sp³-hybridized carbons (Fsp3) is 0.375. The third-order valence-corrected chi connectivity index (χ3v) is 4.04. The van der Waals surface area contributed by atoms with E-state index in [1.807, 2.05) is 25.1 Å². The minimum atomic E-state index is -0.0884. The summed E-state index contributed by atoms with van der Waals surface area (Å²) in [5, 5.41) is 0. The number of nitrogens with two attached hydrogens (primary N) is 1. The lowest BCUT2D eigenvalue weighted by Gasteiger charge is -2.15. The predicted octanol–water partition coefficient (Wildman–Crippen LogP) is 2.65. The van der Waals surface area contributed by atoms with Crippen molar-refractivity contribution in [2.75, 3.05) is 13.1 Å². The van der Waals surface area contributed by atoms with Gasteiger partial charge in [0.05, 0.1) is 0 Å². The normalized spacial score (nSPS) is 19.8. The average molecular weight is 358 g/mol. The van der Waals surface area contributed by atoms with E-state index in [4.69, 9.17) is 10.2 Å². The number of hydrogen-bond donors (Lipinski definition) is 1. The Bertz CT molecular complexity index is 633. The molecule has 3 rings (SSSR count). The number of oxazole rings is 1. The Hall–Kier alpha value is -1.56. The number of halogens is 2. The third-order valence-electron chi connectivity index (χ3n) is 4.04. The molecule has 2 heterocycles. The van der Waals surface area contributed by atoms with Crippen LogP contribution >= 0.6 is 24.8 Å². The molecule has 1 fully saturated rings. The number of carbonyl (C=O) groups is 1. The first-order chi connectivity index (χ1) is 10.2.